The van der Waals surface area contributed by atoms with Gasteiger partial charge in [-0.05, 0) is 17.5 Å². The number of hydrogen-bond donors (Lipinski definition) is 1. The molecule has 0 radical (unpaired) electrons. The summed E-state index contributed by atoms with van der Waals surface area (Å²) in [6.07, 6.45) is 0. The average molecular weight is 305 g/mol. The highest BCUT2D eigenvalue weighted by molar-refractivity contribution is 7.10. The summed E-state index contributed by atoms with van der Waals surface area (Å²) < 4.78 is 10.6. The summed E-state index contributed by atoms with van der Waals surface area (Å²) in [5.41, 5.74) is 1.27. The minimum atomic E-state index is 0.133. The molecule has 1 N–H and O–H groups in total. The van der Waals surface area contributed by atoms with E-state index in [-0.39, 0.29) is 5.41 Å². The van der Waals surface area contributed by atoms with Gasteiger partial charge in [-0.25, -0.2) is 0 Å². The molecule has 3 nitrogen and oxygen atoms in total. The van der Waals surface area contributed by atoms with Crippen LogP contribution in [-0.4, -0.2) is 20.8 Å². The van der Waals surface area contributed by atoms with Gasteiger partial charge in [-0.2, -0.15) is 0 Å². The Labute approximate surface area is 130 Å². The summed E-state index contributed by atoms with van der Waals surface area (Å²) >= 11 is 1.81. The van der Waals surface area contributed by atoms with E-state index in [0.29, 0.717) is 0 Å². The Morgan fingerprint density at radius 1 is 1.14 bits per heavy atom. The van der Waals surface area contributed by atoms with E-state index in [0.717, 1.165) is 30.2 Å². The van der Waals surface area contributed by atoms with Crippen LogP contribution in [0.15, 0.2) is 35.7 Å². The highest BCUT2D eigenvalue weighted by atomic mass is 32.1. The smallest absolute Gasteiger partial charge is 0.127 e. The van der Waals surface area contributed by atoms with Crippen molar-refractivity contribution in [2.45, 2.75) is 25.8 Å². The van der Waals surface area contributed by atoms with E-state index >= 15 is 0 Å². The summed E-state index contributed by atoms with van der Waals surface area (Å²) in [5.74, 6) is 1.67. The second-order valence-corrected chi connectivity index (χ2v) is 6.59. The zero-order valence-electron chi connectivity index (χ0n) is 13.1. The first-order chi connectivity index (χ1) is 10.1. The van der Waals surface area contributed by atoms with Gasteiger partial charge in [0.05, 0.1) is 14.2 Å². The minimum Gasteiger partial charge on any atom is -0.497 e. The van der Waals surface area contributed by atoms with Crippen LogP contribution in [0.4, 0.5) is 0 Å². The molecule has 21 heavy (non-hydrogen) atoms. The van der Waals surface area contributed by atoms with Crippen molar-refractivity contribution in [2.75, 3.05) is 20.8 Å². The first kappa shape index (κ1) is 15.9. The second kappa shape index (κ2) is 6.96. The Kier molecular flexibility index (Phi) is 5.26. The predicted octanol–water partition coefficient (Wildman–Crippen LogP) is 3.83. The number of methoxy groups -OCH3 is 2. The van der Waals surface area contributed by atoms with Gasteiger partial charge in [0.2, 0.25) is 0 Å². The third-order valence-electron chi connectivity index (χ3n) is 3.56. The Balaban J connectivity index is 1.97. The van der Waals surface area contributed by atoms with E-state index in [4.69, 9.17) is 9.47 Å². The van der Waals surface area contributed by atoms with Gasteiger partial charge in [0.25, 0.3) is 0 Å². The lowest BCUT2D eigenvalue weighted by atomic mass is 9.91. The van der Waals surface area contributed by atoms with E-state index in [1.165, 1.54) is 4.88 Å². The molecule has 1 aromatic heterocycles. The van der Waals surface area contributed by atoms with Crippen LogP contribution in [-0.2, 0) is 12.0 Å². The van der Waals surface area contributed by atoms with Crippen molar-refractivity contribution in [3.05, 3.63) is 46.2 Å². The predicted molar refractivity (Wildman–Crippen MR) is 88.6 cm³/mol. The molecule has 0 atom stereocenters. The number of rotatable bonds is 7. The van der Waals surface area contributed by atoms with Gasteiger partial charge in [0.1, 0.15) is 11.5 Å². The molecular formula is C17H23NO2S. The lowest BCUT2D eigenvalue weighted by molar-refractivity contribution is 0.388. The molecule has 0 aliphatic carbocycles. The van der Waals surface area contributed by atoms with Crippen LogP contribution < -0.4 is 14.8 Å². The van der Waals surface area contributed by atoms with Gasteiger partial charge in [0.15, 0.2) is 0 Å². The summed E-state index contributed by atoms with van der Waals surface area (Å²) in [4.78, 5) is 1.40. The summed E-state index contributed by atoms with van der Waals surface area (Å²) in [7, 11) is 3.35. The molecule has 2 rings (SSSR count). The lowest BCUT2D eigenvalue weighted by Crippen LogP contribution is -2.32. The summed E-state index contributed by atoms with van der Waals surface area (Å²) in [6, 6.07) is 10.2. The molecule has 1 aromatic carbocycles. The second-order valence-electron chi connectivity index (χ2n) is 5.64. The molecule has 0 fully saturated rings. The topological polar surface area (TPSA) is 30.5 Å². The third-order valence-corrected chi connectivity index (χ3v) is 4.80. The van der Waals surface area contributed by atoms with Crippen LogP contribution in [0.1, 0.15) is 24.3 Å². The maximum atomic E-state index is 5.42. The monoisotopic (exact) mass is 305 g/mol. The van der Waals surface area contributed by atoms with Gasteiger partial charge < -0.3 is 14.8 Å². The van der Waals surface area contributed by atoms with Crippen molar-refractivity contribution in [1.29, 1.82) is 0 Å². The standard InChI is InChI=1S/C17H23NO2S/c1-17(2,16-6-5-9-21-16)12-18-11-13-7-8-14(19-3)10-15(13)20-4/h5-10,18H,11-12H2,1-4H3. The van der Waals surface area contributed by atoms with Crippen molar-refractivity contribution in [1.82, 2.24) is 5.32 Å². The molecular weight excluding hydrogens is 282 g/mol. The molecule has 1 heterocycles. The zero-order valence-corrected chi connectivity index (χ0v) is 13.9. The van der Waals surface area contributed by atoms with Crippen LogP contribution in [0.5, 0.6) is 11.5 Å². The number of hydrogen-bond acceptors (Lipinski definition) is 4. The van der Waals surface area contributed by atoms with Gasteiger partial charge >= 0.3 is 0 Å². The molecule has 0 amide bonds. The molecule has 4 heteroatoms. The largest absolute Gasteiger partial charge is 0.497 e. The maximum absolute atomic E-state index is 5.42. The van der Waals surface area contributed by atoms with Gasteiger partial charge in [-0.1, -0.05) is 26.0 Å². The fourth-order valence-electron chi connectivity index (χ4n) is 2.26. The first-order valence-electron chi connectivity index (χ1n) is 7.02. The van der Waals surface area contributed by atoms with Crippen LogP contribution in [0, 0.1) is 0 Å². The van der Waals surface area contributed by atoms with Crippen LogP contribution >= 0.6 is 11.3 Å². The zero-order chi connectivity index (χ0) is 15.3. The van der Waals surface area contributed by atoms with Crippen molar-refractivity contribution in [3.8, 4) is 11.5 Å². The number of thiophene rings is 1. The number of nitrogens with one attached hydrogen (secondary N) is 1. The SMILES string of the molecule is COc1ccc(CNCC(C)(C)c2cccs2)c(OC)c1. The van der Waals surface area contributed by atoms with Crippen molar-refractivity contribution >= 4 is 11.3 Å². The molecule has 2 aromatic rings. The van der Waals surface area contributed by atoms with Crippen LogP contribution in [0.3, 0.4) is 0 Å². The van der Waals surface area contributed by atoms with E-state index in [1.807, 2.05) is 29.5 Å². The average Bonchev–Trinajstić information content (AvgIpc) is 3.02. The van der Waals surface area contributed by atoms with Gasteiger partial charge in [-0.15, -0.1) is 11.3 Å². The molecule has 0 aliphatic rings. The summed E-state index contributed by atoms with van der Waals surface area (Å²) in [6.45, 7) is 6.22. The van der Waals surface area contributed by atoms with E-state index < -0.39 is 0 Å². The van der Waals surface area contributed by atoms with E-state index in [1.54, 1.807) is 14.2 Å². The molecule has 0 unspecified atom stereocenters. The molecule has 0 aliphatic heterocycles. The lowest BCUT2D eigenvalue weighted by Gasteiger charge is -2.24. The highest BCUT2D eigenvalue weighted by Crippen LogP contribution is 2.28. The Bertz CT molecular complexity index is 564. The Hall–Kier alpha value is -1.52. The fraction of sp³-hybridized carbons (Fsp3) is 0.412. The fourth-order valence-corrected chi connectivity index (χ4v) is 3.11. The van der Waals surface area contributed by atoms with Gasteiger partial charge in [-0.3, -0.25) is 0 Å². The minimum absolute atomic E-state index is 0.133. The van der Waals surface area contributed by atoms with Gasteiger partial charge in [0, 0.05) is 35.0 Å². The van der Waals surface area contributed by atoms with Crippen LogP contribution in [0.2, 0.25) is 0 Å². The molecule has 114 valence electrons. The third kappa shape index (κ3) is 3.99. The normalized spacial score (nSPS) is 11.4. The Morgan fingerprint density at radius 3 is 2.57 bits per heavy atom. The van der Waals surface area contributed by atoms with E-state index in [9.17, 15) is 0 Å². The highest BCUT2D eigenvalue weighted by Gasteiger charge is 2.21. The molecule has 0 bridgehead atoms. The Morgan fingerprint density at radius 2 is 1.95 bits per heavy atom. The van der Waals surface area contributed by atoms with E-state index in [2.05, 4.69) is 36.7 Å². The maximum Gasteiger partial charge on any atom is 0.127 e. The quantitative estimate of drug-likeness (QED) is 0.843. The molecule has 0 saturated heterocycles. The molecule has 0 spiro atoms. The molecule has 0 saturated carbocycles. The number of ether oxygens (including phenoxy) is 2. The van der Waals surface area contributed by atoms with Crippen LogP contribution in [0.25, 0.3) is 0 Å². The van der Waals surface area contributed by atoms with Crippen molar-refractivity contribution in [2.24, 2.45) is 0 Å². The van der Waals surface area contributed by atoms with Crippen molar-refractivity contribution < 1.29 is 9.47 Å². The first-order valence-corrected chi connectivity index (χ1v) is 7.90. The number of benzene rings is 1. The summed E-state index contributed by atoms with van der Waals surface area (Å²) in [5, 5.41) is 5.66. The van der Waals surface area contributed by atoms with Crippen molar-refractivity contribution in [3.63, 3.8) is 0 Å².